The Hall–Kier alpha value is -2.05. The number of ether oxygens (including phenoxy) is 1. The molecule has 2 aromatic carbocycles. The zero-order valence-electron chi connectivity index (χ0n) is 16.1. The highest BCUT2D eigenvalue weighted by molar-refractivity contribution is 7.99. The summed E-state index contributed by atoms with van der Waals surface area (Å²) in [5, 5.41) is 11.7. The number of benzene rings is 2. The molecule has 1 aliphatic rings. The fraction of sp³-hybridized carbons (Fsp3) is 0.381. The summed E-state index contributed by atoms with van der Waals surface area (Å²) in [7, 11) is 0. The van der Waals surface area contributed by atoms with Crippen LogP contribution in [0.4, 0.5) is 4.79 Å². The van der Waals surface area contributed by atoms with Crippen molar-refractivity contribution in [2.45, 2.75) is 50.2 Å². The van der Waals surface area contributed by atoms with E-state index in [2.05, 4.69) is 0 Å². The van der Waals surface area contributed by atoms with Crippen molar-refractivity contribution in [3.05, 3.63) is 53.1 Å². The van der Waals surface area contributed by atoms with Gasteiger partial charge in [-0.15, -0.1) is 16.8 Å². The Labute approximate surface area is 174 Å². The molecule has 5 nitrogen and oxygen atoms in total. The highest BCUT2D eigenvalue weighted by atomic mass is 35.5. The Morgan fingerprint density at radius 3 is 2.75 bits per heavy atom. The number of hydroxylamine groups is 2. The van der Waals surface area contributed by atoms with Gasteiger partial charge in [-0.25, -0.2) is 4.79 Å². The van der Waals surface area contributed by atoms with Crippen LogP contribution in [0.2, 0.25) is 5.02 Å². The minimum atomic E-state index is -0.650. The lowest BCUT2D eigenvalue weighted by molar-refractivity contribution is -0.0974. The van der Waals surface area contributed by atoms with Gasteiger partial charge in [-0.3, -0.25) is 0 Å². The number of hydrogen-bond donors (Lipinski definition) is 1. The topological polar surface area (TPSA) is 59.0 Å². The first-order valence-electron chi connectivity index (χ1n) is 9.12. The lowest BCUT2D eigenvalue weighted by Crippen LogP contribution is -2.46. The maximum absolute atomic E-state index is 12.9. The highest BCUT2D eigenvalue weighted by Crippen LogP contribution is 2.34. The summed E-state index contributed by atoms with van der Waals surface area (Å²) >= 11 is 7.77. The fourth-order valence-corrected chi connectivity index (χ4v) is 4.21. The van der Waals surface area contributed by atoms with E-state index in [0.29, 0.717) is 17.2 Å². The van der Waals surface area contributed by atoms with Gasteiger partial charge in [0.25, 0.3) is 0 Å². The predicted molar refractivity (Wildman–Crippen MR) is 111 cm³/mol. The molecule has 0 fully saturated rings. The number of aromatic hydroxyl groups is 1. The van der Waals surface area contributed by atoms with E-state index in [9.17, 15) is 9.90 Å². The molecule has 1 aliphatic heterocycles. The molecule has 28 heavy (non-hydrogen) atoms. The SMILES string of the molecule is CC(C)(C)OC(=O)N(Oc1cccc(Cl)c1)C1CCSc2ccc(O)cc2C1. The summed E-state index contributed by atoms with van der Waals surface area (Å²) in [4.78, 5) is 20.0. The van der Waals surface area contributed by atoms with Crippen LogP contribution in [0, 0.1) is 0 Å². The highest BCUT2D eigenvalue weighted by Gasteiger charge is 2.32. The molecular weight excluding hydrogens is 398 g/mol. The Morgan fingerprint density at radius 1 is 1.25 bits per heavy atom. The number of hydrogen-bond acceptors (Lipinski definition) is 5. The molecule has 0 bridgehead atoms. The second-order valence-electron chi connectivity index (χ2n) is 7.64. The number of amides is 1. The number of phenolic OH excluding ortho intramolecular Hbond substituents is 1. The molecule has 0 aliphatic carbocycles. The van der Waals surface area contributed by atoms with Crippen LogP contribution in [0.15, 0.2) is 47.4 Å². The number of carbonyl (C=O) groups excluding carboxylic acids is 1. The summed E-state index contributed by atoms with van der Waals surface area (Å²) < 4.78 is 5.58. The van der Waals surface area contributed by atoms with Crippen LogP contribution in [0.1, 0.15) is 32.8 Å². The van der Waals surface area contributed by atoms with Gasteiger partial charge in [0.2, 0.25) is 0 Å². The fourth-order valence-electron chi connectivity index (χ4n) is 2.93. The van der Waals surface area contributed by atoms with E-state index in [-0.39, 0.29) is 11.8 Å². The minimum absolute atomic E-state index is 0.208. The van der Waals surface area contributed by atoms with Crippen molar-refractivity contribution in [1.29, 1.82) is 0 Å². The number of phenols is 1. The average Bonchev–Trinajstić information content (AvgIpc) is 2.79. The van der Waals surface area contributed by atoms with Crippen LogP contribution >= 0.6 is 23.4 Å². The number of thioether (sulfide) groups is 1. The second kappa shape index (κ2) is 8.53. The first kappa shape index (κ1) is 20.7. The van der Waals surface area contributed by atoms with Crippen molar-refractivity contribution in [2.24, 2.45) is 0 Å². The van der Waals surface area contributed by atoms with Crippen LogP contribution in [-0.2, 0) is 11.2 Å². The quantitative estimate of drug-likeness (QED) is 0.645. The van der Waals surface area contributed by atoms with E-state index in [0.717, 1.165) is 22.6 Å². The number of nitrogens with zero attached hydrogens (tertiary/aromatic N) is 1. The normalized spacial score (nSPS) is 16.6. The van der Waals surface area contributed by atoms with Gasteiger partial charge in [-0.05, 0) is 69.5 Å². The zero-order valence-corrected chi connectivity index (χ0v) is 17.7. The summed E-state index contributed by atoms with van der Waals surface area (Å²) in [6, 6.07) is 12.0. The molecule has 0 saturated heterocycles. The average molecular weight is 422 g/mol. The first-order chi connectivity index (χ1) is 13.2. The molecule has 1 amide bonds. The third-order valence-electron chi connectivity index (χ3n) is 4.11. The Kier molecular flexibility index (Phi) is 6.30. The second-order valence-corrected chi connectivity index (χ2v) is 9.22. The van der Waals surface area contributed by atoms with Gasteiger partial charge in [-0.2, -0.15) is 0 Å². The summed E-state index contributed by atoms with van der Waals surface area (Å²) in [5.41, 5.74) is 0.332. The molecule has 1 atom stereocenters. The molecule has 1 unspecified atom stereocenters. The van der Waals surface area contributed by atoms with E-state index < -0.39 is 11.7 Å². The summed E-state index contributed by atoms with van der Waals surface area (Å²) in [5.74, 6) is 1.49. The first-order valence-corrected chi connectivity index (χ1v) is 10.5. The smallest absolute Gasteiger partial charge is 0.444 e. The van der Waals surface area contributed by atoms with E-state index in [4.69, 9.17) is 21.2 Å². The number of rotatable bonds is 3. The van der Waals surface area contributed by atoms with Crippen molar-refractivity contribution < 1.29 is 19.5 Å². The van der Waals surface area contributed by atoms with Crippen molar-refractivity contribution >= 4 is 29.5 Å². The monoisotopic (exact) mass is 421 g/mol. The van der Waals surface area contributed by atoms with Gasteiger partial charge in [0, 0.05) is 21.7 Å². The standard InChI is InChI=1S/C21H24ClNO4S/c1-21(2,3)26-20(25)23(27-18-6-4-5-15(22)13-18)16-9-10-28-19-8-7-17(24)12-14(19)11-16/h4-8,12-13,16,24H,9-11H2,1-3H3. The lowest BCUT2D eigenvalue weighted by atomic mass is 10.0. The van der Waals surface area contributed by atoms with Gasteiger partial charge >= 0.3 is 6.09 Å². The summed E-state index contributed by atoms with van der Waals surface area (Å²) in [6.45, 7) is 5.45. The van der Waals surface area contributed by atoms with Crippen LogP contribution in [0.25, 0.3) is 0 Å². The Bertz CT molecular complexity index is 853. The van der Waals surface area contributed by atoms with Crippen LogP contribution in [0.3, 0.4) is 0 Å². The predicted octanol–water partition coefficient (Wildman–Crippen LogP) is 5.68. The number of fused-ring (bicyclic) bond motifs is 1. The minimum Gasteiger partial charge on any atom is -0.508 e. The molecular formula is C21H24ClNO4S. The molecule has 3 rings (SSSR count). The van der Waals surface area contributed by atoms with E-state index in [1.165, 1.54) is 5.06 Å². The molecule has 1 N–H and O–H groups in total. The Morgan fingerprint density at radius 2 is 2.04 bits per heavy atom. The molecule has 1 heterocycles. The van der Waals surface area contributed by atoms with Gasteiger partial charge in [0.1, 0.15) is 11.4 Å². The van der Waals surface area contributed by atoms with Crippen LogP contribution in [-0.4, -0.2) is 33.7 Å². The third-order valence-corrected chi connectivity index (χ3v) is 5.50. The molecule has 0 radical (unpaired) electrons. The van der Waals surface area contributed by atoms with Gasteiger partial charge < -0.3 is 14.7 Å². The molecule has 150 valence electrons. The van der Waals surface area contributed by atoms with Crippen LogP contribution in [0.5, 0.6) is 11.5 Å². The zero-order chi connectivity index (χ0) is 20.3. The Balaban J connectivity index is 1.89. The van der Waals surface area contributed by atoms with Crippen molar-refractivity contribution in [3.8, 4) is 11.5 Å². The van der Waals surface area contributed by atoms with Crippen molar-refractivity contribution in [3.63, 3.8) is 0 Å². The maximum Gasteiger partial charge on any atom is 0.444 e. The largest absolute Gasteiger partial charge is 0.508 e. The van der Waals surface area contributed by atoms with Gasteiger partial charge in [0.15, 0.2) is 5.75 Å². The number of halogens is 1. The molecule has 2 aromatic rings. The van der Waals surface area contributed by atoms with Crippen LogP contribution < -0.4 is 4.84 Å². The van der Waals surface area contributed by atoms with Gasteiger partial charge in [0.05, 0.1) is 6.04 Å². The van der Waals surface area contributed by atoms with E-state index in [1.807, 2.05) is 26.8 Å². The molecule has 7 heteroatoms. The maximum atomic E-state index is 12.9. The van der Waals surface area contributed by atoms with E-state index in [1.54, 1.807) is 48.2 Å². The molecule has 0 saturated carbocycles. The van der Waals surface area contributed by atoms with Crippen molar-refractivity contribution in [2.75, 3.05) is 5.75 Å². The van der Waals surface area contributed by atoms with Crippen molar-refractivity contribution in [1.82, 2.24) is 5.06 Å². The summed E-state index contributed by atoms with van der Waals surface area (Å²) in [6.07, 6.45) is 0.724. The third kappa shape index (κ3) is 5.49. The number of carbonyl (C=O) groups is 1. The lowest BCUT2D eigenvalue weighted by Gasteiger charge is -2.32. The van der Waals surface area contributed by atoms with E-state index >= 15 is 0 Å². The molecule has 0 aromatic heterocycles. The molecule has 0 spiro atoms. The van der Waals surface area contributed by atoms with Gasteiger partial charge in [-0.1, -0.05) is 17.7 Å².